The fraction of sp³-hybridized carbons (Fsp3) is 0.250. The summed E-state index contributed by atoms with van der Waals surface area (Å²) in [7, 11) is 0. The second-order valence-corrected chi connectivity index (χ2v) is 3.59. The number of H-pyrrole nitrogens is 1. The molecule has 0 aliphatic carbocycles. The number of hydrogen-bond acceptors (Lipinski definition) is 2. The highest BCUT2D eigenvalue weighted by Gasteiger charge is 2.11. The Hall–Kier alpha value is -1.84. The monoisotopic (exact) mass is 221 g/mol. The standard InChI is InChI=1S/C12H12FNO2/c1-3-16-12(15)11-6-9-7(2)4-8(13)5-10(9)14-11/h4-6,14H,3H2,1-2H3. The van der Waals surface area contributed by atoms with Gasteiger partial charge in [0, 0.05) is 10.9 Å². The van der Waals surface area contributed by atoms with Gasteiger partial charge in [0.25, 0.3) is 0 Å². The molecule has 84 valence electrons. The zero-order valence-electron chi connectivity index (χ0n) is 9.13. The molecule has 2 aromatic rings. The first kappa shape index (κ1) is 10.7. The van der Waals surface area contributed by atoms with E-state index in [0.717, 1.165) is 10.9 Å². The topological polar surface area (TPSA) is 42.1 Å². The van der Waals surface area contributed by atoms with E-state index in [4.69, 9.17) is 4.74 Å². The summed E-state index contributed by atoms with van der Waals surface area (Å²) in [6.45, 7) is 3.86. The summed E-state index contributed by atoms with van der Waals surface area (Å²) in [5.41, 5.74) is 1.76. The summed E-state index contributed by atoms with van der Waals surface area (Å²) in [5, 5.41) is 0.837. The molecular formula is C12H12FNO2. The summed E-state index contributed by atoms with van der Waals surface area (Å²) in [6.07, 6.45) is 0. The second-order valence-electron chi connectivity index (χ2n) is 3.59. The van der Waals surface area contributed by atoms with Crippen molar-refractivity contribution < 1.29 is 13.9 Å². The van der Waals surface area contributed by atoms with Crippen LogP contribution in [-0.4, -0.2) is 17.6 Å². The van der Waals surface area contributed by atoms with Crippen molar-refractivity contribution in [3.63, 3.8) is 0 Å². The quantitative estimate of drug-likeness (QED) is 0.792. The van der Waals surface area contributed by atoms with E-state index in [0.29, 0.717) is 17.8 Å². The molecule has 0 spiro atoms. The number of aromatic amines is 1. The van der Waals surface area contributed by atoms with Gasteiger partial charge in [0.2, 0.25) is 0 Å². The molecular weight excluding hydrogens is 209 g/mol. The Labute approximate surface area is 92.2 Å². The van der Waals surface area contributed by atoms with Gasteiger partial charge >= 0.3 is 5.97 Å². The number of nitrogens with one attached hydrogen (secondary N) is 1. The molecule has 4 heteroatoms. The number of esters is 1. The van der Waals surface area contributed by atoms with Gasteiger partial charge < -0.3 is 9.72 Å². The third-order valence-electron chi connectivity index (χ3n) is 2.40. The normalized spacial score (nSPS) is 10.7. The second kappa shape index (κ2) is 3.96. The average molecular weight is 221 g/mol. The molecule has 0 radical (unpaired) electrons. The van der Waals surface area contributed by atoms with E-state index in [9.17, 15) is 9.18 Å². The van der Waals surface area contributed by atoms with Crippen LogP contribution in [0.5, 0.6) is 0 Å². The van der Waals surface area contributed by atoms with Crippen LogP contribution in [0.15, 0.2) is 18.2 Å². The predicted octanol–water partition coefficient (Wildman–Crippen LogP) is 2.79. The summed E-state index contributed by atoms with van der Waals surface area (Å²) >= 11 is 0. The van der Waals surface area contributed by atoms with Gasteiger partial charge in [0.05, 0.1) is 6.61 Å². The van der Waals surface area contributed by atoms with Gasteiger partial charge in [-0.15, -0.1) is 0 Å². The third-order valence-corrected chi connectivity index (χ3v) is 2.40. The Kier molecular flexibility index (Phi) is 2.64. The summed E-state index contributed by atoms with van der Waals surface area (Å²) in [5.74, 6) is -0.735. The Balaban J connectivity index is 2.51. The van der Waals surface area contributed by atoms with E-state index < -0.39 is 5.97 Å². The molecule has 3 nitrogen and oxygen atoms in total. The number of halogens is 1. The minimum atomic E-state index is -0.418. The molecule has 0 atom stereocenters. The fourth-order valence-electron chi connectivity index (χ4n) is 1.69. The molecule has 1 aromatic heterocycles. The maximum Gasteiger partial charge on any atom is 0.354 e. The molecule has 0 aliphatic heterocycles. The molecule has 0 bridgehead atoms. The molecule has 1 aromatic carbocycles. The van der Waals surface area contributed by atoms with Crippen LogP contribution in [0.2, 0.25) is 0 Å². The van der Waals surface area contributed by atoms with Gasteiger partial charge in [0.1, 0.15) is 11.5 Å². The molecule has 0 unspecified atom stereocenters. The van der Waals surface area contributed by atoms with Gasteiger partial charge in [-0.2, -0.15) is 0 Å². The van der Waals surface area contributed by atoms with Crippen LogP contribution in [0.4, 0.5) is 4.39 Å². The molecule has 0 saturated carbocycles. The van der Waals surface area contributed by atoms with Crippen LogP contribution in [-0.2, 0) is 4.74 Å². The SMILES string of the molecule is CCOC(=O)c1cc2c(C)cc(F)cc2[nH]1. The van der Waals surface area contributed by atoms with Crippen molar-refractivity contribution in [2.45, 2.75) is 13.8 Å². The number of carbonyl (C=O) groups is 1. The van der Waals surface area contributed by atoms with E-state index in [1.165, 1.54) is 12.1 Å². The Morgan fingerprint density at radius 3 is 2.88 bits per heavy atom. The average Bonchev–Trinajstić information content (AvgIpc) is 2.62. The van der Waals surface area contributed by atoms with Crippen molar-refractivity contribution >= 4 is 16.9 Å². The highest BCUT2D eigenvalue weighted by molar-refractivity contribution is 5.95. The van der Waals surface area contributed by atoms with Crippen molar-refractivity contribution in [3.05, 3.63) is 35.3 Å². The smallest absolute Gasteiger partial charge is 0.354 e. The predicted molar refractivity (Wildman–Crippen MR) is 59.0 cm³/mol. The lowest BCUT2D eigenvalue weighted by molar-refractivity contribution is 0.0520. The fourth-order valence-corrected chi connectivity index (χ4v) is 1.69. The summed E-state index contributed by atoms with van der Waals surface area (Å²) in [6, 6.07) is 4.48. The van der Waals surface area contributed by atoms with Gasteiger partial charge in [-0.1, -0.05) is 0 Å². The Bertz CT molecular complexity index is 545. The molecule has 1 heterocycles. The first-order chi connectivity index (χ1) is 7.61. The number of rotatable bonds is 2. The van der Waals surface area contributed by atoms with Crippen LogP contribution in [0.25, 0.3) is 10.9 Å². The van der Waals surface area contributed by atoms with Crippen molar-refractivity contribution in [1.82, 2.24) is 4.98 Å². The number of hydrogen-bond donors (Lipinski definition) is 1. The lowest BCUT2D eigenvalue weighted by Crippen LogP contribution is -2.04. The van der Waals surface area contributed by atoms with Crippen LogP contribution in [0.1, 0.15) is 23.0 Å². The highest BCUT2D eigenvalue weighted by Crippen LogP contribution is 2.21. The molecule has 16 heavy (non-hydrogen) atoms. The number of aromatic nitrogens is 1. The maximum absolute atomic E-state index is 13.1. The van der Waals surface area contributed by atoms with Gasteiger partial charge in [-0.3, -0.25) is 0 Å². The largest absolute Gasteiger partial charge is 0.461 e. The molecule has 0 aliphatic rings. The minimum absolute atomic E-state index is 0.317. The number of fused-ring (bicyclic) bond motifs is 1. The molecule has 0 fully saturated rings. The van der Waals surface area contributed by atoms with Crippen LogP contribution in [0, 0.1) is 12.7 Å². The van der Waals surface area contributed by atoms with Crippen LogP contribution < -0.4 is 0 Å². The molecule has 0 saturated heterocycles. The lowest BCUT2D eigenvalue weighted by Gasteiger charge is -1.96. The van der Waals surface area contributed by atoms with Gasteiger partial charge in [-0.25, -0.2) is 9.18 Å². The van der Waals surface area contributed by atoms with E-state index in [2.05, 4.69) is 4.98 Å². The zero-order chi connectivity index (χ0) is 11.7. The third kappa shape index (κ3) is 1.78. The number of benzene rings is 1. The summed E-state index contributed by atoms with van der Waals surface area (Å²) in [4.78, 5) is 14.3. The maximum atomic E-state index is 13.1. The number of ether oxygens (including phenoxy) is 1. The molecule has 2 rings (SSSR count). The molecule has 0 amide bonds. The summed E-state index contributed by atoms with van der Waals surface area (Å²) < 4.78 is 18.0. The van der Waals surface area contributed by atoms with E-state index in [-0.39, 0.29) is 5.82 Å². The van der Waals surface area contributed by atoms with Gasteiger partial charge in [-0.05, 0) is 37.6 Å². The van der Waals surface area contributed by atoms with Crippen molar-refractivity contribution in [2.24, 2.45) is 0 Å². The van der Waals surface area contributed by atoms with Crippen LogP contribution in [0.3, 0.4) is 0 Å². The van der Waals surface area contributed by atoms with E-state index in [1.54, 1.807) is 19.9 Å². The zero-order valence-corrected chi connectivity index (χ0v) is 9.13. The van der Waals surface area contributed by atoms with E-state index in [1.807, 2.05) is 0 Å². The highest BCUT2D eigenvalue weighted by atomic mass is 19.1. The van der Waals surface area contributed by atoms with Crippen molar-refractivity contribution in [3.8, 4) is 0 Å². The van der Waals surface area contributed by atoms with E-state index >= 15 is 0 Å². The number of aryl methyl sites for hydroxylation is 1. The number of carbonyl (C=O) groups excluding carboxylic acids is 1. The van der Waals surface area contributed by atoms with Crippen molar-refractivity contribution in [1.29, 1.82) is 0 Å². The van der Waals surface area contributed by atoms with Crippen LogP contribution >= 0.6 is 0 Å². The molecule has 1 N–H and O–H groups in total. The minimum Gasteiger partial charge on any atom is -0.461 e. The lowest BCUT2D eigenvalue weighted by atomic mass is 10.1. The van der Waals surface area contributed by atoms with Gasteiger partial charge in [0.15, 0.2) is 0 Å². The van der Waals surface area contributed by atoms with Crippen molar-refractivity contribution in [2.75, 3.05) is 6.61 Å². The first-order valence-electron chi connectivity index (χ1n) is 5.08. The Morgan fingerprint density at radius 1 is 1.44 bits per heavy atom. The Morgan fingerprint density at radius 2 is 2.19 bits per heavy atom. The first-order valence-corrected chi connectivity index (χ1v) is 5.08.